The molecule has 2 amide bonds. The minimum Gasteiger partial charge on any atom is -0.326 e. The molecule has 0 aliphatic rings. The van der Waals surface area contributed by atoms with Crippen molar-refractivity contribution in [2.24, 2.45) is 0 Å². The van der Waals surface area contributed by atoms with Crippen LogP contribution in [0.1, 0.15) is 18.1 Å². The third kappa shape index (κ3) is 5.36. The van der Waals surface area contributed by atoms with Gasteiger partial charge in [-0.2, -0.15) is 0 Å². The summed E-state index contributed by atoms with van der Waals surface area (Å²) in [6.45, 7) is 3.11. The van der Waals surface area contributed by atoms with E-state index in [1.54, 1.807) is 54.8 Å². The number of anilines is 2. The Labute approximate surface area is 176 Å². The first-order chi connectivity index (χ1) is 14.3. The van der Waals surface area contributed by atoms with Crippen molar-refractivity contribution in [2.75, 3.05) is 10.6 Å². The van der Waals surface area contributed by atoms with Crippen LogP contribution in [0.15, 0.2) is 53.9 Å². The molecule has 152 valence electrons. The number of rotatable bonds is 6. The molecular weight excluding hydrogens is 404 g/mol. The summed E-state index contributed by atoms with van der Waals surface area (Å²) in [5, 5.41) is 18.6. The maximum absolute atomic E-state index is 12.2. The van der Waals surface area contributed by atoms with Gasteiger partial charge in [0, 0.05) is 41.3 Å². The first-order valence-electron chi connectivity index (χ1n) is 8.89. The molecule has 0 saturated heterocycles. The fraction of sp³-hybridized carbons (Fsp3) is 0.0952. The number of thiazole rings is 1. The summed E-state index contributed by atoms with van der Waals surface area (Å²) in [6, 6.07) is 11.9. The monoisotopic (exact) mass is 422 g/mol. The summed E-state index contributed by atoms with van der Waals surface area (Å²) in [7, 11) is 0. The van der Waals surface area contributed by atoms with Gasteiger partial charge in [-0.25, -0.2) is 4.98 Å². The van der Waals surface area contributed by atoms with E-state index in [0.29, 0.717) is 27.6 Å². The number of benzene rings is 2. The van der Waals surface area contributed by atoms with Crippen LogP contribution in [0.4, 0.5) is 16.5 Å². The topological polar surface area (TPSA) is 114 Å². The van der Waals surface area contributed by atoms with Crippen molar-refractivity contribution >= 4 is 45.7 Å². The van der Waals surface area contributed by atoms with E-state index in [2.05, 4.69) is 15.6 Å². The molecule has 9 heteroatoms. The minimum absolute atomic E-state index is 0.0264. The number of hydrogen-bond acceptors (Lipinski definition) is 6. The van der Waals surface area contributed by atoms with Crippen LogP contribution >= 0.6 is 11.3 Å². The van der Waals surface area contributed by atoms with Crippen molar-refractivity contribution in [1.29, 1.82) is 0 Å². The third-order valence-corrected chi connectivity index (χ3v) is 4.85. The summed E-state index contributed by atoms with van der Waals surface area (Å²) in [5.74, 6) is -0.502. The van der Waals surface area contributed by atoms with Gasteiger partial charge in [-0.15, -0.1) is 11.3 Å². The van der Waals surface area contributed by atoms with Crippen molar-refractivity contribution in [3.63, 3.8) is 0 Å². The van der Waals surface area contributed by atoms with Crippen LogP contribution in [0.2, 0.25) is 0 Å². The largest absolute Gasteiger partial charge is 0.326 e. The van der Waals surface area contributed by atoms with Crippen LogP contribution in [-0.2, 0) is 9.59 Å². The van der Waals surface area contributed by atoms with E-state index in [-0.39, 0.29) is 17.5 Å². The van der Waals surface area contributed by atoms with Gasteiger partial charge in [0.15, 0.2) is 5.13 Å². The lowest BCUT2D eigenvalue weighted by molar-refractivity contribution is -0.385. The molecule has 2 N–H and O–H groups in total. The number of nitro groups is 1. The molecule has 1 aromatic heterocycles. The molecule has 30 heavy (non-hydrogen) atoms. The number of nitrogens with one attached hydrogen (secondary N) is 2. The number of amides is 2. The lowest BCUT2D eigenvalue weighted by Crippen LogP contribution is -2.07. The highest BCUT2D eigenvalue weighted by molar-refractivity contribution is 7.14. The Balaban J connectivity index is 1.65. The molecule has 2 aromatic carbocycles. The van der Waals surface area contributed by atoms with Gasteiger partial charge in [0.1, 0.15) is 0 Å². The lowest BCUT2D eigenvalue weighted by Gasteiger charge is -2.02. The zero-order valence-corrected chi connectivity index (χ0v) is 17.0. The Morgan fingerprint density at radius 3 is 2.53 bits per heavy atom. The molecule has 3 aromatic rings. The van der Waals surface area contributed by atoms with Crippen molar-refractivity contribution in [1.82, 2.24) is 4.98 Å². The van der Waals surface area contributed by atoms with Gasteiger partial charge in [-0.3, -0.25) is 25.0 Å². The van der Waals surface area contributed by atoms with Gasteiger partial charge >= 0.3 is 0 Å². The average molecular weight is 422 g/mol. The minimum atomic E-state index is -0.429. The van der Waals surface area contributed by atoms with Crippen molar-refractivity contribution in [2.45, 2.75) is 13.8 Å². The number of nitrogens with zero attached hydrogens (tertiary/aromatic N) is 2. The second kappa shape index (κ2) is 9.10. The maximum atomic E-state index is 12.2. The molecule has 0 spiro atoms. The van der Waals surface area contributed by atoms with E-state index in [9.17, 15) is 19.7 Å². The summed E-state index contributed by atoms with van der Waals surface area (Å²) in [6.07, 6.45) is 3.02. The normalized spacial score (nSPS) is 10.7. The summed E-state index contributed by atoms with van der Waals surface area (Å²) in [4.78, 5) is 38.2. The Morgan fingerprint density at radius 1 is 1.13 bits per heavy atom. The Morgan fingerprint density at radius 2 is 1.87 bits per heavy atom. The summed E-state index contributed by atoms with van der Waals surface area (Å²) >= 11 is 1.23. The number of aryl methyl sites for hydroxylation is 1. The summed E-state index contributed by atoms with van der Waals surface area (Å²) < 4.78 is 0. The first kappa shape index (κ1) is 20.9. The number of carbonyl (C=O) groups excluding carboxylic acids is 2. The van der Waals surface area contributed by atoms with Crippen LogP contribution in [0, 0.1) is 17.0 Å². The van der Waals surface area contributed by atoms with E-state index in [1.165, 1.54) is 30.4 Å². The second-order valence-corrected chi connectivity index (χ2v) is 7.28. The van der Waals surface area contributed by atoms with Crippen LogP contribution in [0.25, 0.3) is 17.3 Å². The molecule has 0 bridgehead atoms. The van der Waals surface area contributed by atoms with E-state index in [0.717, 1.165) is 5.56 Å². The number of carbonyl (C=O) groups is 2. The van der Waals surface area contributed by atoms with E-state index >= 15 is 0 Å². The molecule has 0 saturated carbocycles. The van der Waals surface area contributed by atoms with Crippen molar-refractivity contribution in [3.05, 3.63) is 75.2 Å². The fourth-order valence-electron chi connectivity index (χ4n) is 2.63. The predicted molar refractivity (Wildman–Crippen MR) is 117 cm³/mol. The fourth-order valence-corrected chi connectivity index (χ4v) is 3.35. The molecular formula is C21H18N4O4S. The van der Waals surface area contributed by atoms with Crippen LogP contribution in [0.3, 0.4) is 0 Å². The van der Waals surface area contributed by atoms with E-state index in [4.69, 9.17) is 0 Å². The average Bonchev–Trinajstić information content (AvgIpc) is 3.15. The molecule has 0 atom stereocenters. The van der Waals surface area contributed by atoms with Crippen LogP contribution in [0.5, 0.6) is 0 Å². The van der Waals surface area contributed by atoms with Gasteiger partial charge in [0.2, 0.25) is 11.8 Å². The Bertz CT molecular complexity index is 1140. The Hall–Kier alpha value is -3.85. The smallest absolute Gasteiger partial charge is 0.272 e. The highest BCUT2D eigenvalue weighted by Gasteiger charge is 2.14. The maximum Gasteiger partial charge on any atom is 0.272 e. The van der Waals surface area contributed by atoms with Crippen molar-refractivity contribution < 1.29 is 14.5 Å². The zero-order chi connectivity index (χ0) is 21.7. The van der Waals surface area contributed by atoms with Crippen LogP contribution < -0.4 is 10.6 Å². The number of hydrogen-bond donors (Lipinski definition) is 2. The van der Waals surface area contributed by atoms with Crippen LogP contribution in [-0.4, -0.2) is 21.7 Å². The molecule has 1 heterocycles. The zero-order valence-electron chi connectivity index (χ0n) is 16.2. The second-order valence-electron chi connectivity index (χ2n) is 6.42. The Kier molecular flexibility index (Phi) is 6.33. The van der Waals surface area contributed by atoms with Gasteiger partial charge in [0.05, 0.1) is 10.6 Å². The van der Waals surface area contributed by atoms with Gasteiger partial charge in [0.25, 0.3) is 5.69 Å². The third-order valence-electron chi connectivity index (χ3n) is 4.09. The highest BCUT2D eigenvalue weighted by atomic mass is 32.1. The SMILES string of the molecule is CC(=O)Nc1ccc(/C=C/C(=O)Nc2nc(-c3ccc(C)c([N+](=O)[O-])c3)cs2)cc1. The summed E-state index contributed by atoms with van der Waals surface area (Å²) in [5.41, 5.74) is 3.23. The van der Waals surface area contributed by atoms with Gasteiger partial charge in [-0.05, 0) is 30.7 Å². The van der Waals surface area contributed by atoms with Crippen molar-refractivity contribution in [3.8, 4) is 11.3 Å². The number of nitro benzene ring substituents is 1. The molecule has 0 aliphatic carbocycles. The molecule has 8 nitrogen and oxygen atoms in total. The molecule has 0 aliphatic heterocycles. The number of aromatic nitrogens is 1. The quantitative estimate of drug-likeness (QED) is 0.341. The van der Waals surface area contributed by atoms with E-state index < -0.39 is 4.92 Å². The predicted octanol–water partition coefficient (Wildman–Crippen LogP) is 4.64. The molecule has 0 radical (unpaired) electrons. The molecule has 0 unspecified atom stereocenters. The molecule has 3 rings (SSSR count). The standard InChI is InChI=1S/C21H18N4O4S/c1-13-3-7-16(11-19(13)25(28)29)18-12-30-21(23-18)24-20(27)10-6-15-4-8-17(9-5-15)22-14(2)26/h3-12H,1-2H3,(H,22,26)(H,23,24,27)/b10-6+. The van der Waals surface area contributed by atoms with Gasteiger partial charge in [-0.1, -0.05) is 24.3 Å². The first-order valence-corrected chi connectivity index (χ1v) is 9.77. The molecule has 0 fully saturated rings. The highest BCUT2D eigenvalue weighted by Crippen LogP contribution is 2.29. The van der Waals surface area contributed by atoms with Gasteiger partial charge < -0.3 is 5.32 Å². The van der Waals surface area contributed by atoms with E-state index in [1.807, 2.05) is 0 Å². The lowest BCUT2D eigenvalue weighted by atomic mass is 10.1.